The van der Waals surface area contributed by atoms with Crippen molar-refractivity contribution in [3.63, 3.8) is 0 Å². The SMILES string of the molecule is COC(=O)c1cn(C(C)C)cc1-c1ccccc1Cl. The summed E-state index contributed by atoms with van der Waals surface area (Å²) in [6.07, 6.45) is 3.73. The predicted octanol–water partition coefficient (Wildman–Crippen LogP) is 4.18. The van der Waals surface area contributed by atoms with Gasteiger partial charge < -0.3 is 9.30 Å². The molecular weight excluding hydrogens is 262 g/mol. The van der Waals surface area contributed by atoms with Crippen LogP contribution in [0.2, 0.25) is 5.02 Å². The minimum Gasteiger partial charge on any atom is -0.465 e. The molecule has 0 aliphatic heterocycles. The fourth-order valence-electron chi connectivity index (χ4n) is 1.94. The van der Waals surface area contributed by atoms with Crippen LogP contribution in [0.5, 0.6) is 0 Å². The van der Waals surface area contributed by atoms with Crippen LogP contribution in [-0.2, 0) is 4.74 Å². The molecule has 1 aromatic heterocycles. The molecule has 1 aromatic carbocycles. The average Bonchev–Trinajstić information content (AvgIpc) is 2.83. The van der Waals surface area contributed by atoms with Crippen molar-refractivity contribution in [2.24, 2.45) is 0 Å². The summed E-state index contributed by atoms with van der Waals surface area (Å²) in [6, 6.07) is 7.73. The zero-order valence-corrected chi connectivity index (χ0v) is 11.9. The summed E-state index contributed by atoms with van der Waals surface area (Å²) < 4.78 is 6.81. The van der Waals surface area contributed by atoms with Crippen LogP contribution in [0.3, 0.4) is 0 Å². The first-order chi connectivity index (χ1) is 9.04. The molecule has 100 valence electrons. The first kappa shape index (κ1) is 13.7. The molecule has 19 heavy (non-hydrogen) atoms. The average molecular weight is 278 g/mol. The summed E-state index contributed by atoms with van der Waals surface area (Å²) >= 11 is 6.21. The maximum absolute atomic E-state index is 11.9. The molecule has 2 rings (SSSR count). The number of halogens is 1. The number of hydrogen-bond acceptors (Lipinski definition) is 2. The Hall–Kier alpha value is -1.74. The Kier molecular flexibility index (Phi) is 3.96. The smallest absolute Gasteiger partial charge is 0.340 e. The van der Waals surface area contributed by atoms with E-state index in [1.807, 2.05) is 35.0 Å². The lowest BCUT2D eigenvalue weighted by Gasteiger charge is -2.05. The molecule has 0 fully saturated rings. The van der Waals surface area contributed by atoms with E-state index in [1.54, 1.807) is 6.20 Å². The van der Waals surface area contributed by atoms with Crippen LogP contribution >= 0.6 is 11.6 Å². The number of benzene rings is 1. The molecule has 2 aromatic rings. The van der Waals surface area contributed by atoms with Crippen LogP contribution in [0.25, 0.3) is 11.1 Å². The number of aromatic nitrogens is 1. The van der Waals surface area contributed by atoms with Gasteiger partial charge in [0.25, 0.3) is 0 Å². The van der Waals surface area contributed by atoms with Crippen LogP contribution in [0.15, 0.2) is 36.7 Å². The van der Waals surface area contributed by atoms with Gasteiger partial charge in [-0.3, -0.25) is 0 Å². The van der Waals surface area contributed by atoms with E-state index in [4.69, 9.17) is 16.3 Å². The van der Waals surface area contributed by atoms with Gasteiger partial charge in [-0.05, 0) is 19.9 Å². The maximum Gasteiger partial charge on any atom is 0.340 e. The Balaban J connectivity index is 2.61. The largest absolute Gasteiger partial charge is 0.465 e. The highest BCUT2D eigenvalue weighted by Crippen LogP contribution is 2.32. The van der Waals surface area contributed by atoms with Gasteiger partial charge >= 0.3 is 5.97 Å². The molecule has 0 unspecified atom stereocenters. The second-order valence-electron chi connectivity index (χ2n) is 4.60. The normalized spacial score (nSPS) is 10.8. The third kappa shape index (κ3) is 2.66. The number of nitrogens with zero attached hydrogens (tertiary/aromatic N) is 1. The van der Waals surface area contributed by atoms with E-state index in [9.17, 15) is 4.79 Å². The topological polar surface area (TPSA) is 31.2 Å². The zero-order valence-electron chi connectivity index (χ0n) is 11.2. The van der Waals surface area contributed by atoms with E-state index >= 15 is 0 Å². The Morgan fingerprint density at radius 1 is 1.21 bits per heavy atom. The highest BCUT2D eigenvalue weighted by molar-refractivity contribution is 6.33. The number of hydrogen-bond donors (Lipinski definition) is 0. The third-order valence-corrected chi connectivity index (χ3v) is 3.34. The molecule has 0 saturated carbocycles. The van der Waals surface area contributed by atoms with Crippen LogP contribution < -0.4 is 0 Å². The van der Waals surface area contributed by atoms with Crippen LogP contribution in [0, 0.1) is 0 Å². The van der Waals surface area contributed by atoms with Gasteiger partial charge in [-0.15, -0.1) is 0 Å². The molecular formula is C15H16ClNO2. The van der Waals surface area contributed by atoms with Crippen molar-refractivity contribution < 1.29 is 9.53 Å². The van der Waals surface area contributed by atoms with E-state index in [0.717, 1.165) is 11.1 Å². The lowest BCUT2D eigenvalue weighted by atomic mass is 10.0. The Morgan fingerprint density at radius 2 is 1.89 bits per heavy atom. The zero-order chi connectivity index (χ0) is 14.0. The highest BCUT2D eigenvalue weighted by Gasteiger charge is 2.18. The predicted molar refractivity (Wildman–Crippen MR) is 76.6 cm³/mol. The van der Waals surface area contributed by atoms with Gasteiger partial charge in [-0.25, -0.2) is 4.79 Å². The molecule has 0 bridgehead atoms. The fourth-order valence-corrected chi connectivity index (χ4v) is 2.18. The van der Waals surface area contributed by atoms with Gasteiger partial charge in [0.05, 0.1) is 12.7 Å². The van der Waals surface area contributed by atoms with Gasteiger partial charge in [0.2, 0.25) is 0 Å². The minimum atomic E-state index is -0.352. The highest BCUT2D eigenvalue weighted by atomic mass is 35.5. The molecule has 4 heteroatoms. The van der Waals surface area contributed by atoms with Crippen molar-refractivity contribution in [3.05, 3.63) is 47.2 Å². The number of carbonyl (C=O) groups is 1. The maximum atomic E-state index is 11.9. The molecule has 0 N–H and O–H groups in total. The first-order valence-corrected chi connectivity index (χ1v) is 6.47. The van der Waals surface area contributed by atoms with Gasteiger partial charge in [0, 0.05) is 34.6 Å². The second-order valence-corrected chi connectivity index (χ2v) is 5.01. The summed E-state index contributed by atoms with van der Waals surface area (Å²) in [4.78, 5) is 11.9. The summed E-state index contributed by atoms with van der Waals surface area (Å²) in [5, 5.41) is 0.620. The molecule has 0 atom stereocenters. The van der Waals surface area contributed by atoms with Crippen molar-refractivity contribution in [1.82, 2.24) is 4.57 Å². The van der Waals surface area contributed by atoms with E-state index in [0.29, 0.717) is 10.6 Å². The monoisotopic (exact) mass is 277 g/mol. The Morgan fingerprint density at radius 3 is 2.47 bits per heavy atom. The fraction of sp³-hybridized carbons (Fsp3) is 0.267. The van der Waals surface area contributed by atoms with E-state index in [2.05, 4.69) is 13.8 Å². The van der Waals surface area contributed by atoms with E-state index < -0.39 is 0 Å². The van der Waals surface area contributed by atoms with Gasteiger partial charge in [0.15, 0.2) is 0 Å². The van der Waals surface area contributed by atoms with Crippen molar-refractivity contribution in [2.75, 3.05) is 7.11 Å². The molecule has 0 amide bonds. The lowest BCUT2D eigenvalue weighted by molar-refractivity contribution is 0.0601. The second kappa shape index (κ2) is 5.49. The van der Waals surface area contributed by atoms with Crippen LogP contribution in [0.1, 0.15) is 30.2 Å². The van der Waals surface area contributed by atoms with Crippen molar-refractivity contribution >= 4 is 17.6 Å². The van der Waals surface area contributed by atoms with E-state index in [-0.39, 0.29) is 12.0 Å². The number of methoxy groups -OCH3 is 1. The van der Waals surface area contributed by atoms with Crippen LogP contribution in [-0.4, -0.2) is 17.6 Å². The van der Waals surface area contributed by atoms with E-state index in [1.165, 1.54) is 7.11 Å². The Labute approximate surface area is 117 Å². The minimum absolute atomic E-state index is 0.264. The molecule has 0 saturated heterocycles. The van der Waals surface area contributed by atoms with Gasteiger partial charge in [0.1, 0.15) is 0 Å². The molecule has 0 aliphatic carbocycles. The van der Waals surface area contributed by atoms with Gasteiger partial charge in [-0.2, -0.15) is 0 Å². The summed E-state index contributed by atoms with van der Waals surface area (Å²) in [5.41, 5.74) is 2.17. The summed E-state index contributed by atoms with van der Waals surface area (Å²) in [7, 11) is 1.38. The Bertz CT molecular complexity index is 602. The quantitative estimate of drug-likeness (QED) is 0.788. The first-order valence-electron chi connectivity index (χ1n) is 6.09. The molecule has 0 aliphatic rings. The number of carbonyl (C=O) groups excluding carboxylic acids is 1. The van der Waals surface area contributed by atoms with Crippen LogP contribution in [0.4, 0.5) is 0 Å². The number of ether oxygens (including phenoxy) is 1. The van der Waals surface area contributed by atoms with Gasteiger partial charge in [-0.1, -0.05) is 29.8 Å². The number of esters is 1. The van der Waals surface area contributed by atoms with Crippen molar-refractivity contribution in [2.45, 2.75) is 19.9 Å². The van der Waals surface area contributed by atoms with Crippen molar-refractivity contribution in [3.8, 4) is 11.1 Å². The molecule has 3 nitrogen and oxygen atoms in total. The van der Waals surface area contributed by atoms with Crippen molar-refractivity contribution in [1.29, 1.82) is 0 Å². The molecule has 0 spiro atoms. The molecule has 0 radical (unpaired) electrons. The standard InChI is InChI=1S/C15H16ClNO2/c1-10(2)17-8-12(13(9-17)15(18)19-3)11-6-4-5-7-14(11)16/h4-10H,1-3H3. The summed E-state index contributed by atoms with van der Waals surface area (Å²) in [5.74, 6) is -0.352. The number of rotatable bonds is 3. The summed E-state index contributed by atoms with van der Waals surface area (Å²) in [6.45, 7) is 4.11. The third-order valence-electron chi connectivity index (χ3n) is 3.01. The lowest BCUT2D eigenvalue weighted by Crippen LogP contribution is -2.02. The molecule has 1 heterocycles.